The van der Waals surface area contributed by atoms with Crippen molar-refractivity contribution in [2.75, 3.05) is 6.61 Å². The molecule has 0 heterocycles. The van der Waals surface area contributed by atoms with Crippen molar-refractivity contribution in [3.63, 3.8) is 0 Å². The monoisotopic (exact) mass is 280 g/mol. The molecule has 1 fully saturated rings. The van der Waals surface area contributed by atoms with Gasteiger partial charge in [0.05, 0.1) is 5.92 Å². The second-order valence-corrected chi connectivity index (χ2v) is 11.8. The normalized spacial score (nSPS) is 20.9. The van der Waals surface area contributed by atoms with Crippen molar-refractivity contribution >= 4 is 14.1 Å². The van der Waals surface area contributed by atoms with E-state index in [1.165, 1.54) is 0 Å². The number of ketones is 1. The van der Waals surface area contributed by atoms with Crippen LogP contribution in [0, 0.1) is 17.8 Å². The van der Waals surface area contributed by atoms with Gasteiger partial charge in [0.2, 0.25) is 0 Å². The largest absolute Gasteiger partial charge is 0.416 e. The second-order valence-electron chi connectivity index (χ2n) is 6.94. The Labute approximate surface area is 119 Å². The van der Waals surface area contributed by atoms with Gasteiger partial charge in [-0.2, -0.15) is 0 Å². The molecule has 1 rings (SSSR count). The van der Waals surface area contributed by atoms with E-state index < -0.39 is 8.32 Å². The van der Waals surface area contributed by atoms with Gasteiger partial charge >= 0.3 is 0 Å². The van der Waals surface area contributed by atoms with Gasteiger partial charge in [-0.25, -0.2) is 0 Å². The van der Waals surface area contributed by atoms with Gasteiger partial charge in [0.15, 0.2) is 8.32 Å². The first-order valence-electron chi connectivity index (χ1n) is 7.39. The van der Waals surface area contributed by atoms with Crippen LogP contribution in [0.4, 0.5) is 0 Å². The topological polar surface area (TPSA) is 26.3 Å². The van der Waals surface area contributed by atoms with E-state index in [4.69, 9.17) is 4.43 Å². The summed E-state index contributed by atoms with van der Waals surface area (Å²) in [5, 5.41) is 0.250. The quantitative estimate of drug-likeness (QED) is 0.441. The highest BCUT2D eigenvalue weighted by atomic mass is 28.4. The van der Waals surface area contributed by atoms with Crippen molar-refractivity contribution in [1.29, 1.82) is 0 Å². The maximum atomic E-state index is 11.6. The lowest BCUT2D eigenvalue weighted by molar-refractivity contribution is -0.122. The van der Waals surface area contributed by atoms with Crippen LogP contribution in [0.25, 0.3) is 0 Å². The van der Waals surface area contributed by atoms with Crippen molar-refractivity contribution in [2.45, 2.75) is 71.0 Å². The summed E-state index contributed by atoms with van der Waals surface area (Å²) in [7, 11) is -1.64. The molecule has 1 aliphatic rings. The first-order valence-corrected chi connectivity index (χ1v) is 10.3. The Balaban J connectivity index is 2.33. The number of carbonyl (C=O) groups is 1. The van der Waals surface area contributed by atoms with Gasteiger partial charge in [0, 0.05) is 19.4 Å². The summed E-state index contributed by atoms with van der Waals surface area (Å²) in [6.07, 6.45) is 4.61. The SMILES string of the molecule is CC(C)(C)[Si](C)(C)OCCC#CC1CCCCC1=O. The van der Waals surface area contributed by atoms with E-state index >= 15 is 0 Å². The molecule has 19 heavy (non-hydrogen) atoms. The third kappa shape index (κ3) is 5.12. The second kappa shape index (κ2) is 6.72. The smallest absolute Gasteiger partial charge is 0.192 e. The van der Waals surface area contributed by atoms with E-state index in [0.29, 0.717) is 12.4 Å². The van der Waals surface area contributed by atoms with E-state index in [1.807, 2.05) is 0 Å². The fourth-order valence-electron chi connectivity index (χ4n) is 1.90. The van der Waals surface area contributed by atoms with Crippen LogP contribution in [0.5, 0.6) is 0 Å². The van der Waals surface area contributed by atoms with Gasteiger partial charge in [-0.05, 0) is 31.0 Å². The molecule has 0 amide bonds. The van der Waals surface area contributed by atoms with Gasteiger partial charge in [-0.3, -0.25) is 4.79 Å². The number of hydrogen-bond acceptors (Lipinski definition) is 2. The highest BCUT2D eigenvalue weighted by Gasteiger charge is 2.36. The van der Waals surface area contributed by atoms with E-state index in [2.05, 4.69) is 45.7 Å². The molecular weight excluding hydrogens is 252 g/mol. The number of rotatable bonds is 3. The van der Waals surface area contributed by atoms with Gasteiger partial charge < -0.3 is 4.43 Å². The molecule has 1 aliphatic carbocycles. The first kappa shape index (κ1) is 16.5. The average Bonchev–Trinajstić information content (AvgIpc) is 2.29. The molecule has 3 heteroatoms. The first-order chi connectivity index (χ1) is 8.74. The van der Waals surface area contributed by atoms with Crippen LogP contribution >= 0.6 is 0 Å². The van der Waals surface area contributed by atoms with Crippen molar-refractivity contribution in [3.8, 4) is 11.8 Å². The minimum absolute atomic E-state index is 0.00150. The minimum atomic E-state index is -1.64. The summed E-state index contributed by atoms with van der Waals surface area (Å²) < 4.78 is 6.06. The zero-order valence-corrected chi connectivity index (χ0v) is 14.1. The maximum Gasteiger partial charge on any atom is 0.192 e. The van der Waals surface area contributed by atoms with Crippen molar-refractivity contribution < 1.29 is 9.22 Å². The Kier molecular flexibility index (Phi) is 5.82. The molecular formula is C16H28O2Si. The van der Waals surface area contributed by atoms with E-state index in [-0.39, 0.29) is 11.0 Å². The molecule has 0 bridgehead atoms. The summed E-state index contributed by atoms with van der Waals surface area (Å²) in [5.41, 5.74) is 0. The summed E-state index contributed by atoms with van der Waals surface area (Å²) in [6.45, 7) is 11.9. The zero-order chi connectivity index (χ0) is 14.5. The van der Waals surface area contributed by atoms with Gasteiger partial charge in [-0.15, -0.1) is 5.92 Å². The molecule has 1 atom stereocenters. The molecule has 0 aromatic heterocycles. The molecule has 2 nitrogen and oxygen atoms in total. The maximum absolute atomic E-state index is 11.6. The summed E-state index contributed by atoms with van der Waals surface area (Å²) in [5.74, 6) is 6.61. The lowest BCUT2D eigenvalue weighted by atomic mass is 9.88. The molecule has 0 aliphatic heterocycles. The minimum Gasteiger partial charge on any atom is -0.416 e. The predicted molar refractivity (Wildman–Crippen MR) is 82.5 cm³/mol. The molecule has 1 saturated carbocycles. The van der Waals surface area contributed by atoms with Gasteiger partial charge in [0.1, 0.15) is 5.78 Å². The molecule has 0 radical (unpaired) electrons. The van der Waals surface area contributed by atoms with Gasteiger partial charge in [0.25, 0.3) is 0 Å². The van der Waals surface area contributed by atoms with Crippen molar-refractivity contribution in [1.82, 2.24) is 0 Å². The van der Waals surface area contributed by atoms with Crippen LogP contribution in [-0.4, -0.2) is 20.7 Å². The predicted octanol–water partition coefficient (Wildman–Crippen LogP) is 4.16. The van der Waals surface area contributed by atoms with Crippen LogP contribution in [0.2, 0.25) is 18.1 Å². The van der Waals surface area contributed by atoms with Gasteiger partial charge in [-0.1, -0.05) is 33.1 Å². The number of hydrogen-bond donors (Lipinski definition) is 0. The Morgan fingerprint density at radius 3 is 2.58 bits per heavy atom. The fourth-order valence-corrected chi connectivity index (χ4v) is 2.95. The van der Waals surface area contributed by atoms with Crippen molar-refractivity contribution in [2.24, 2.45) is 5.92 Å². The Morgan fingerprint density at radius 1 is 1.32 bits per heavy atom. The molecule has 0 spiro atoms. The fraction of sp³-hybridized carbons (Fsp3) is 0.812. The van der Waals surface area contributed by atoms with Crippen LogP contribution < -0.4 is 0 Å². The summed E-state index contributed by atoms with van der Waals surface area (Å²) in [4.78, 5) is 11.6. The summed E-state index contributed by atoms with van der Waals surface area (Å²) in [6, 6.07) is 0. The molecule has 1 unspecified atom stereocenters. The van der Waals surface area contributed by atoms with E-state index in [9.17, 15) is 4.79 Å². The third-order valence-corrected chi connectivity index (χ3v) is 8.87. The highest BCUT2D eigenvalue weighted by Crippen LogP contribution is 2.36. The number of Topliss-reactive ketones (excluding diaryl/α,β-unsaturated/α-hetero) is 1. The molecule has 108 valence electrons. The Hall–Kier alpha value is -0.593. The summed E-state index contributed by atoms with van der Waals surface area (Å²) >= 11 is 0. The highest BCUT2D eigenvalue weighted by molar-refractivity contribution is 6.74. The molecule has 0 saturated heterocycles. The molecule has 0 aromatic carbocycles. The van der Waals surface area contributed by atoms with Crippen LogP contribution in [0.1, 0.15) is 52.9 Å². The van der Waals surface area contributed by atoms with Crippen LogP contribution in [0.3, 0.4) is 0 Å². The van der Waals surface area contributed by atoms with Crippen LogP contribution in [0.15, 0.2) is 0 Å². The zero-order valence-electron chi connectivity index (χ0n) is 13.1. The third-order valence-electron chi connectivity index (χ3n) is 4.33. The van der Waals surface area contributed by atoms with E-state index in [0.717, 1.165) is 32.1 Å². The lowest BCUT2D eigenvalue weighted by Gasteiger charge is -2.35. The Morgan fingerprint density at radius 2 is 2.00 bits per heavy atom. The van der Waals surface area contributed by atoms with Crippen LogP contribution in [-0.2, 0) is 9.22 Å². The van der Waals surface area contributed by atoms with Crippen molar-refractivity contribution in [3.05, 3.63) is 0 Å². The average molecular weight is 280 g/mol. The van der Waals surface area contributed by atoms with E-state index in [1.54, 1.807) is 0 Å². The number of carbonyl (C=O) groups excluding carboxylic acids is 1. The standard InChI is InChI=1S/C16H28O2Si/c1-16(2,3)19(4,5)18-13-9-8-11-14-10-6-7-12-15(14)17/h14H,6-7,9-10,12-13H2,1-5H3. The Bertz CT molecular complexity index is 368. The lowest BCUT2D eigenvalue weighted by Crippen LogP contribution is -2.40. The molecule has 0 aromatic rings. The molecule has 0 N–H and O–H groups in total.